The third-order valence-corrected chi connectivity index (χ3v) is 4.48. The predicted molar refractivity (Wildman–Crippen MR) is 71.4 cm³/mol. The maximum atomic E-state index is 12.1. The third-order valence-electron chi connectivity index (χ3n) is 2.88. The summed E-state index contributed by atoms with van der Waals surface area (Å²) in [6.07, 6.45) is 0. The van der Waals surface area contributed by atoms with E-state index in [9.17, 15) is 23.3 Å². The summed E-state index contributed by atoms with van der Waals surface area (Å²) in [6.45, 7) is 2.01. The number of carbonyl (C=O) groups is 1. The molecule has 0 saturated carbocycles. The van der Waals surface area contributed by atoms with E-state index in [0.29, 0.717) is 5.56 Å². The van der Waals surface area contributed by atoms with E-state index < -0.39 is 44.1 Å². The molecular formula is C11H14N2O7S. The summed E-state index contributed by atoms with van der Waals surface area (Å²) in [7, 11) is -4.32. The summed E-state index contributed by atoms with van der Waals surface area (Å²) in [5, 5.41) is 28.4. The molecule has 0 heterocycles. The SMILES string of the molecule is Cc1cc([N+](=O)[O-])cc(S(=O)(=O)N[C@H](CO)C(=O)O)c1C. The number of benzene rings is 1. The van der Waals surface area contributed by atoms with Crippen molar-refractivity contribution in [3.63, 3.8) is 0 Å². The van der Waals surface area contributed by atoms with Gasteiger partial charge in [-0.1, -0.05) is 0 Å². The number of rotatable bonds is 6. The molecule has 21 heavy (non-hydrogen) atoms. The first-order chi connectivity index (χ1) is 9.60. The fourth-order valence-corrected chi connectivity index (χ4v) is 3.13. The molecule has 0 aliphatic carbocycles. The number of aliphatic hydroxyl groups is 1. The molecule has 0 aliphatic rings. The van der Waals surface area contributed by atoms with Crippen molar-refractivity contribution in [1.82, 2.24) is 4.72 Å². The molecule has 0 bridgehead atoms. The van der Waals surface area contributed by atoms with Gasteiger partial charge < -0.3 is 10.2 Å². The Bertz CT molecular complexity index is 684. The summed E-state index contributed by atoms with van der Waals surface area (Å²) in [4.78, 5) is 20.4. The van der Waals surface area contributed by atoms with Crippen LogP contribution in [0.1, 0.15) is 11.1 Å². The number of carboxylic acid groups (broad SMARTS) is 1. The highest BCUT2D eigenvalue weighted by Crippen LogP contribution is 2.25. The van der Waals surface area contributed by atoms with E-state index in [2.05, 4.69) is 0 Å². The van der Waals surface area contributed by atoms with Crippen LogP contribution >= 0.6 is 0 Å². The normalized spacial score (nSPS) is 12.9. The van der Waals surface area contributed by atoms with Gasteiger partial charge in [-0.15, -0.1) is 0 Å². The van der Waals surface area contributed by atoms with Crippen LogP contribution in [0.2, 0.25) is 0 Å². The van der Waals surface area contributed by atoms with Crippen molar-refractivity contribution in [1.29, 1.82) is 0 Å². The maximum absolute atomic E-state index is 12.1. The largest absolute Gasteiger partial charge is 0.480 e. The zero-order chi connectivity index (χ0) is 16.4. The highest BCUT2D eigenvalue weighted by molar-refractivity contribution is 7.89. The topological polar surface area (TPSA) is 147 Å². The summed E-state index contributed by atoms with van der Waals surface area (Å²) >= 11 is 0. The molecule has 1 aromatic carbocycles. The van der Waals surface area contributed by atoms with Gasteiger partial charge in [0.15, 0.2) is 0 Å². The molecule has 0 radical (unpaired) electrons. The molecule has 10 heteroatoms. The Labute approximate surface area is 120 Å². The van der Waals surface area contributed by atoms with Crippen molar-refractivity contribution in [3.05, 3.63) is 33.4 Å². The Morgan fingerprint density at radius 3 is 2.43 bits per heavy atom. The molecule has 0 amide bonds. The van der Waals surface area contributed by atoms with E-state index in [1.54, 1.807) is 4.72 Å². The number of aliphatic carboxylic acids is 1. The van der Waals surface area contributed by atoms with Gasteiger partial charge >= 0.3 is 5.97 Å². The number of nitrogens with one attached hydrogen (secondary N) is 1. The van der Waals surface area contributed by atoms with E-state index in [-0.39, 0.29) is 5.56 Å². The number of hydrogen-bond acceptors (Lipinski definition) is 6. The Hall–Kier alpha value is -2.04. The van der Waals surface area contributed by atoms with Crippen molar-refractivity contribution in [2.45, 2.75) is 24.8 Å². The maximum Gasteiger partial charge on any atom is 0.324 e. The molecule has 0 fully saturated rings. The molecule has 1 atom stereocenters. The van der Waals surface area contributed by atoms with Crippen molar-refractivity contribution in [3.8, 4) is 0 Å². The highest BCUT2D eigenvalue weighted by atomic mass is 32.2. The standard InChI is InChI=1S/C11H14N2O7S/c1-6-3-8(13(17)18)4-10(7(6)2)21(19,20)12-9(5-14)11(15)16/h3-4,9,12,14H,5H2,1-2H3,(H,15,16)/t9-/m1/s1. The second kappa shape index (κ2) is 6.16. The molecule has 9 nitrogen and oxygen atoms in total. The minimum Gasteiger partial charge on any atom is -0.480 e. The lowest BCUT2D eigenvalue weighted by Gasteiger charge is -2.14. The number of non-ortho nitro benzene ring substituents is 1. The molecule has 0 aliphatic heterocycles. The summed E-state index contributed by atoms with van der Waals surface area (Å²) < 4.78 is 26.1. The Kier molecular flexibility index (Phi) is 4.99. The number of nitrogens with zero attached hydrogens (tertiary/aromatic N) is 1. The monoisotopic (exact) mass is 318 g/mol. The van der Waals surface area contributed by atoms with Gasteiger partial charge in [0.25, 0.3) is 5.69 Å². The Balaban J connectivity index is 3.37. The number of sulfonamides is 1. The molecule has 0 saturated heterocycles. The first-order valence-electron chi connectivity index (χ1n) is 5.71. The number of hydrogen-bond donors (Lipinski definition) is 3. The van der Waals surface area contributed by atoms with Crippen LogP contribution in [0.3, 0.4) is 0 Å². The molecule has 1 aromatic rings. The van der Waals surface area contributed by atoms with Crippen molar-refractivity contribution >= 4 is 21.7 Å². The van der Waals surface area contributed by atoms with Gasteiger partial charge in [0.1, 0.15) is 6.04 Å². The van der Waals surface area contributed by atoms with Crippen LogP contribution in [0.5, 0.6) is 0 Å². The zero-order valence-electron chi connectivity index (χ0n) is 11.2. The van der Waals surface area contributed by atoms with Gasteiger partial charge in [0, 0.05) is 12.1 Å². The lowest BCUT2D eigenvalue weighted by Crippen LogP contribution is -2.43. The van der Waals surface area contributed by atoms with Crippen LogP contribution in [-0.4, -0.2) is 42.2 Å². The molecule has 3 N–H and O–H groups in total. The van der Waals surface area contributed by atoms with Crippen LogP contribution in [-0.2, 0) is 14.8 Å². The first kappa shape index (κ1) is 17.0. The van der Waals surface area contributed by atoms with Crippen LogP contribution in [0.15, 0.2) is 17.0 Å². The number of aryl methyl sites for hydroxylation is 1. The lowest BCUT2D eigenvalue weighted by atomic mass is 10.1. The third kappa shape index (κ3) is 3.74. The molecular weight excluding hydrogens is 304 g/mol. The number of nitro benzene ring substituents is 1. The van der Waals surface area contributed by atoms with Gasteiger partial charge in [-0.3, -0.25) is 14.9 Å². The quantitative estimate of drug-likeness (QED) is 0.491. The van der Waals surface area contributed by atoms with Crippen molar-refractivity contribution in [2.24, 2.45) is 0 Å². The van der Waals surface area contributed by atoms with E-state index in [1.165, 1.54) is 19.9 Å². The van der Waals surface area contributed by atoms with Crippen LogP contribution < -0.4 is 4.72 Å². The van der Waals surface area contributed by atoms with Crippen LogP contribution in [0, 0.1) is 24.0 Å². The molecule has 116 valence electrons. The van der Waals surface area contributed by atoms with Crippen molar-refractivity contribution in [2.75, 3.05) is 6.61 Å². The molecule has 0 spiro atoms. The van der Waals surface area contributed by atoms with Crippen LogP contribution in [0.4, 0.5) is 5.69 Å². The Morgan fingerprint density at radius 1 is 1.43 bits per heavy atom. The summed E-state index contributed by atoms with van der Waals surface area (Å²) in [5.41, 5.74) is 0.213. The minimum atomic E-state index is -4.32. The lowest BCUT2D eigenvalue weighted by molar-refractivity contribution is -0.385. The second-order valence-electron chi connectivity index (χ2n) is 4.34. The molecule has 0 aromatic heterocycles. The number of carboxylic acids is 1. The van der Waals surface area contributed by atoms with Gasteiger partial charge in [-0.2, -0.15) is 4.72 Å². The van der Waals surface area contributed by atoms with Gasteiger partial charge in [-0.25, -0.2) is 8.42 Å². The summed E-state index contributed by atoms with van der Waals surface area (Å²) in [5.74, 6) is -1.55. The fraction of sp³-hybridized carbons (Fsp3) is 0.364. The zero-order valence-corrected chi connectivity index (χ0v) is 12.0. The Morgan fingerprint density at radius 2 is 2.00 bits per heavy atom. The van der Waals surface area contributed by atoms with Crippen LogP contribution in [0.25, 0.3) is 0 Å². The second-order valence-corrected chi connectivity index (χ2v) is 6.02. The average molecular weight is 318 g/mol. The molecule has 1 rings (SSSR count). The van der Waals surface area contributed by atoms with Gasteiger partial charge in [0.05, 0.1) is 16.4 Å². The summed E-state index contributed by atoms with van der Waals surface area (Å²) in [6, 6.07) is 0.338. The van der Waals surface area contributed by atoms with E-state index in [1.807, 2.05) is 0 Å². The molecule has 0 unspecified atom stereocenters. The van der Waals surface area contributed by atoms with Gasteiger partial charge in [0.2, 0.25) is 10.0 Å². The first-order valence-corrected chi connectivity index (χ1v) is 7.20. The number of aliphatic hydroxyl groups excluding tert-OH is 1. The van der Waals surface area contributed by atoms with Crippen molar-refractivity contribution < 1.29 is 28.3 Å². The van der Waals surface area contributed by atoms with E-state index >= 15 is 0 Å². The highest BCUT2D eigenvalue weighted by Gasteiger charge is 2.28. The van der Waals surface area contributed by atoms with E-state index in [0.717, 1.165) is 6.07 Å². The predicted octanol–water partition coefficient (Wildman–Crippen LogP) is -0.0646. The van der Waals surface area contributed by atoms with E-state index in [4.69, 9.17) is 10.2 Å². The fourth-order valence-electron chi connectivity index (χ4n) is 1.61. The smallest absolute Gasteiger partial charge is 0.324 e. The minimum absolute atomic E-state index is 0.259. The average Bonchev–Trinajstić information content (AvgIpc) is 2.38. The van der Waals surface area contributed by atoms with Gasteiger partial charge in [-0.05, 0) is 25.0 Å². The number of nitro groups is 1.